The van der Waals surface area contributed by atoms with Crippen LogP contribution >= 0.6 is 0 Å². The van der Waals surface area contributed by atoms with E-state index in [4.69, 9.17) is 10.5 Å². The number of nitrogens with zero attached hydrogens (tertiary/aromatic N) is 1. The van der Waals surface area contributed by atoms with E-state index in [2.05, 4.69) is 34.2 Å². The fourth-order valence-corrected chi connectivity index (χ4v) is 3.95. The van der Waals surface area contributed by atoms with Gasteiger partial charge in [0.15, 0.2) is 0 Å². The van der Waals surface area contributed by atoms with E-state index < -0.39 is 5.91 Å². The number of carbonyl (C=O) groups is 1. The molecule has 3 N–H and O–H groups in total. The number of pyridine rings is 1. The van der Waals surface area contributed by atoms with Gasteiger partial charge in [-0.15, -0.1) is 0 Å². The van der Waals surface area contributed by atoms with Gasteiger partial charge in [0.1, 0.15) is 18.0 Å². The van der Waals surface area contributed by atoms with Crippen LogP contribution in [-0.2, 0) is 13.0 Å². The van der Waals surface area contributed by atoms with Crippen LogP contribution in [0.2, 0.25) is 0 Å². The number of H-pyrrole nitrogens is 1. The van der Waals surface area contributed by atoms with Crippen molar-refractivity contribution in [2.24, 2.45) is 5.73 Å². The number of hydrogen-bond acceptors (Lipinski definition) is 3. The monoisotopic (exact) mass is 433 g/mol. The molecule has 5 heteroatoms. The summed E-state index contributed by atoms with van der Waals surface area (Å²) in [4.78, 5) is 19.4. The number of rotatable bonds is 7. The summed E-state index contributed by atoms with van der Waals surface area (Å²) < 4.78 is 6.14. The van der Waals surface area contributed by atoms with Crippen molar-refractivity contribution in [3.8, 4) is 16.9 Å². The van der Waals surface area contributed by atoms with E-state index in [1.54, 1.807) is 18.3 Å². The van der Waals surface area contributed by atoms with Gasteiger partial charge in [-0.1, -0.05) is 60.7 Å². The smallest absolute Gasteiger partial charge is 0.248 e. The zero-order chi connectivity index (χ0) is 22.6. The summed E-state index contributed by atoms with van der Waals surface area (Å²) in [6, 6.07) is 27.7. The second kappa shape index (κ2) is 9.01. The molecule has 0 fully saturated rings. The molecule has 5 nitrogen and oxygen atoms in total. The van der Waals surface area contributed by atoms with Gasteiger partial charge in [0.05, 0.1) is 0 Å². The Hall–Kier alpha value is -4.38. The Morgan fingerprint density at radius 3 is 2.55 bits per heavy atom. The fraction of sp³-hybridized carbons (Fsp3) is 0.0714. The molecule has 3 aromatic carbocycles. The Kier molecular flexibility index (Phi) is 5.60. The second-order valence-corrected chi connectivity index (χ2v) is 7.94. The third kappa shape index (κ3) is 4.48. The van der Waals surface area contributed by atoms with Crippen LogP contribution in [0, 0.1) is 0 Å². The van der Waals surface area contributed by atoms with E-state index >= 15 is 0 Å². The van der Waals surface area contributed by atoms with Crippen molar-refractivity contribution in [2.45, 2.75) is 13.0 Å². The zero-order valence-corrected chi connectivity index (χ0v) is 18.0. The van der Waals surface area contributed by atoms with Crippen LogP contribution in [-0.4, -0.2) is 15.9 Å². The van der Waals surface area contributed by atoms with E-state index in [0.717, 1.165) is 44.6 Å². The first-order valence-corrected chi connectivity index (χ1v) is 10.8. The molecule has 5 aromatic rings. The molecule has 0 atom stereocenters. The van der Waals surface area contributed by atoms with Crippen molar-refractivity contribution < 1.29 is 9.53 Å². The first kappa shape index (κ1) is 20.5. The van der Waals surface area contributed by atoms with Gasteiger partial charge >= 0.3 is 0 Å². The summed E-state index contributed by atoms with van der Waals surface area (Å²) >= 11 is 0. The number of carbonyl (C=O) groups excluding carboxylic acids is 1. The molecule has 0 aliphatic carbocycles. The maximum Gasteiger partial charge on any atom is 0.248 e. The number of nitrogens with two attached hydrogens (primary N) is 1. The molecule has 0 saturated heterocycles. The number of ether oxygens (including phenoxy) is 1. The number of fused-ring (bicyclic) bond motifs is 1. The predicted octanol–water partition coefficient (Wildman–Crippen LogP) is 5.50. The number of para-hydroxylation sites is 1. The number of primary amides is 1. The van der Waals surface area contributed by atoms with E-state index in [9.17, 15) is 4.79 Å². The molecule has 0 bridgehead atoms. The van der Waals surface area contributed by atoms with Crippen LogP contribution in [0.5, 0.6) is 5.75 Å². The number of benzene rings is 3. The number of amides is 1. The molecule has 0 saturated carbocycles. The van der Waals surface area contributed by atoms with Gasteiger partial charge in [0, 0.05) is 35.3 Å². The first-order chi connectivity index (χ1) is 16.2. The van der Waals surface area contributed by atoms with Crippen molar-refractivity contribution in [3.05, 3.63) is 120 Å². The molecule has 2 heterocycles. The summed E-state index contributed by atoms with van der Waals surface area (Å²) in [5, 5.41) is 1.04. The molecule has 5 rings (SSSR count). The molecule has 162 valence electrons. The maximum absolute atomic E-state index is 11.6. The van der Waals surface area contributed by atoms with Crippen LogP contribution in [0.3, 0.4) is 0 Å². The molecule has 2 aromatic heterocycles. The maximum atomic E-state index is 11.6. The summed E-state index contributed by atoms with van der Waals surface area (Å²) in [7, 11) is 0. The molecule has 0 spiro atoms. The fourth-order valence-electron chi connectivity index (χ4n) is 3.95. The van der Waals surface area contributed by atoms with E-state index in [-0.39, 0.29) is 0 Å². The largest absolute Gasteiger partial charge is 0.489 e. The third-order valence-electron chi connectivity index (χ3n) is 5.69. The van der Waals surface area contributed by atoms with Crippen molar-refractivity contribution >= 4 is 16.9 Å². The standard InChI is InChI=1S/C28H23N3O2/c29-27(32)22-11-6-10-20(13-22)23-15-25-24(17-31-28(25)30-16-23)14-21-9-4-5-12-26(21)33-18-19-7-2-1-3-8-19/h1-13,15-17H,14,18H2,(H2,29,32)(H,30,31). The Labute approximate surface area is 191 Å². The van der Waals surface area contributed by atoms with Crippen LogP contribution in [0.25, 0.3) is 22.2 Å². The van der Waals surface area contributed by atoms with Crippen LogP contribution < -0.4 is 10.5 Å². The van der Waals surface area contributed by atoms with Gasteiger partial charge in [-0.3, -0.25) is 4.79 Å². The predicted molar refractivity (Wildman–Crippen MR) is 130 cm³/mol. The highest BCUT2D eigenvalue weighted by atomic mass is 16.5. The van der Waals surface area contributed by atoms with E-state index in [1.165, 1.54) is 0 Å². The van der Waals surface area contributed by atoms with Gasteiger partial charge in [-0.2, -0.15) is 0 Å². The average molecular weight is 434 g/mol. The average Bonchev–Trinajstić information content (AvgIpc) is 3.26. The number of hydrogen-bond donors (Lipinski definition) is 2. The molecule has 0 aliphatic heterocycles. The minimum absolute atomic E-state index is 0.444. The molecule has 1 amide bonds. The summed E-state index contributed by atoms with van der Waals surface area (Å²) in [5.41, 5.74) is 11.9. The van der Waals surface area contributed by atoms with Gasteiger partial charge < -0.3 is 15.5 Å². The lowest BCUT2D eigenvalue weighted by Crippen LogP contribution is -2.10. The third-order valence-corrected chi connectivity index (χ3v) is 5.69. The Bertz CT molecular complexity index is 1420. The number of nitrogens with one attached hydrogen (secondary N) is 1. The Morgan fingerprint density at radius 2 is 1.70 bits per heavy atom. The highest BCUT2D eigenvalue weighted by Crippen LogP contribution is 2.29. The molecule has 0 radical (unpaired) electrons. The van der Waals surface area contributed by atoms with Crippen LogP contribution in [0.1, 0.15) is 27.0 Å². The quantitative estimate of drug-likeness (QED) is 0.356. The summed E-state index contributed by atoms with van der Waals surface area (Å²) in [5.74, 6) is 0.425. The molecular formula is C28H23N3O2. The summed E-state index contributed by atoms with van der Waals surface area (Å²) in [6.07, 6.45) is 4.51. The number of aromatic nitrogens is 2. The van der Waals surface area contributed by atoms with Gasteiger partial charge in [-0.25, -0.2) is 4.98 Å². The first-order valence-electron chi connectivity index (χ1n) is 10.8. The highest BCUT2D eigenvalue weighted by Gasteiger charge is 2.12. The lowest BCUT2D eigenvalue weighted by molar-refractivity contribution is 0.100. The van der Waals surface area contributed by atoms with Crippen molar-refractivity contribution in [3.63, 3.8) is 0 Å². The van der Waals surface area contributed by atoms with Crippen molar-refractivity contribution in [2.75, 3.05) is 0 Å². The van der Waals surface area contributed by atoms with Crippen LogP contribution in [0.15, 0.2) is 97.3 Å². The lowest BCUT2D eigenvalue weighted by atomic mass is 10.0. The van der Waals surface area contributed by atoms with Crippen LogP contribution in [0.4, 0.5) is 0 Å². The van der Waals surface area contributed by atoms with Crippen molar-refractivity contribution in [1.82, 2.24) is 9.97 Å². The van der Waals surface area contributed by atoms with Gasteiger partial charge in [0.2, 0.25) is 5.91 Å². The highest BCUT2D eigenvalue weighted by molar-refractivity contribution is 5.94. The topological polar surface area (TPSA) is 81.0 Å². The van der Waals surface area contributed by atoms with Crippen molar-refractivity contribution in [1.29, 1.82) is 0 Å². The Balaban J connectivity index is 1.44. The molecule has 0 aliphatic rings. The zero-order valence-electron chi connectivity index (χ0n) is 18.0. The normalized spacial score (nSPS) is 10.9. The number of aromatic amines is 1. The van der Waals surface area contributed by atoms with Gasteiger partial charge in [0.25, 0.3) is 0 Å². The molecular weight excluding hydrogens is 410 g/mol. The SMILES string of the molecule is NC(=O)c1cccc(-c2cnc3[nH]cc(Cc4ccccc4OCc4ccccc4)c3c2)c1. The van der Waals surface area contributed by atoms with Gasteiger partial charge in [-0.05, 0) is 46.5 Å². The lowest BCUT2D eigenvalue weighted by Gasteiger charge is -2.11. The Morgan fingerprint density at radius 1 is 0.879 bits per heavy atom. The molecule has 0 unspecified atom stereocenters. The van der Waals surface area contributed by atoms with E-state index in [0.29, 0.717) is 18.6 Å². The van der Waals surface area contributed by atoms with E-state index in [1.807, 2.05) is 54.7 Å². The summed E-state index contributed by atoms with van der Waals surface area (Å²) in [6.45, 7) is 0.521. The minimum Gasteiger partial charge on any atom is -0.489 e. The molecule has 33 heavy (non-hydrogen) atoms. The minimum atomic E-state index is -0.444. The second-order valence-electron chi connectivity index (χ2n) is 7.94.